The number of carbonyl (C=O) groups excluding carboxylic acids is 2. The Bertz CT molecular complexity index is 800. The highest BCUT2D eigenvalue weighted by molar-refractivity contribution is 5.94. The summed E-state index contributed by atoms with van der Waals surface area (Å²) >= 11 is 0. The molecule has 1 aromatic carbocycles. The van der Waals surface area contributed by atoms with Gasteiger partial charge in [-0.15, -0.1) is 0 Å². The van der Waals surface area contributed by atoms with Gasteiger partial charge in [-0.1, -0.05) is 0 Å². The highest BCUT2D eigenvalue weighted by atomic mass is 19.1. The van der Waals surface area contributed by atoms with Crippen molar-refractivity contribution in [1.29, 1.82) is 0 Å². The lowest BCUT2D eigenvalue weighted by Crippen LogP contribution is -2.58. The highest BCUT2D eigenvalue weighted by Crippen LogP contribution is 2.25. The number of morpholine rings is 1. The maximum atomic E-state index is 13.0. The molecule has 1 unspecified atom stereocenters. The quantitative estimate of drug-likeness (QED) is 0.826. The summed E-state index contributed by atoms with van der Waals surface area (Å²) in [6.45, 7) is 0.764. The van der Waals surface area contributed by atoms with Crippen LogP contribution in [0.5, 0.6) is 5.75 Å². The Hall–Kier alpha value is -3.00. The van der Waals surface area contributed by atoms with Crippen LogP contribution in [0, 0.1) is 5.82 Å². The topological polar surface area (TPSA) is 94.8 Å². The molecule has 0 aliphatic carbocycles. The second-order valence-corrected chi connectivity index (χ2v) is 6.39. The molecule has 1 aliphatic heterocycles. The minimum absolute atomic E-state index is 0.00160. The van der Waals surface area contributed by atoms with Gasteiger partial charge in [-0.2, -0.15) is 0 Å². The van der Waals surface area contributed by atoms with E-state index in [4.69, 9.17) is 15.2 Å². The molecule has 2 amide bonds. The Morgan fingerprint density at radius 2 is 2.07 bits per heavy atom. The summed E-state index contributed by atoms with van der Waals surface area (Å²) < 4.78 is 24.6. The van der Waals surface area contributed by atoms with E-state index < -0.39 is 11.5 Å². The van der Waals surface area contributed by atoms with Crippen LogP contribution in [0.1, 0.15) is 16.8 Å². The van der Waals surface area contributed by atoms with Crippen LogP contribution in [0.4, 0.5) is 4.39 Å². The molecule has 1 aliphatic rings. The molecule has 0 spiro atoms. The Kier molecular flexibility index (Phi) is 5.66. The van der Waals surface area contributed by atoms with Crippen molar-refractivity contribution in [1.82, 2.24) is 9.88 Å². The normalized spacial score (nSPS) is 19.5. The summed E-state index contributed by atoms with van der Waals surface area (Å²) in [6, 6.07) is 8.87. The minimum atomic E-state index is -1.07. The molecule has 2 N–H and O–H groups in total. The second-order valence-electron chi connectivity index (χ2n) is 6.39. The molecule has 27 heavy (non-hydrogen) atoms. The van der Waals surface area contributed by atoms with E-state index >= 15 is 0 Å². The van der Waals surface area contributed by atoms with Gasteiger partial charge in [-0.05, 0) is 36.4 Å². The molecule has 3 rings (SSSR count). The molecular weight excluding hydrogens is 353 g/mol. The van der Waals surface area contributed by atoms with E-state index in [-0.39, 0.29) is 37.9 Å². The zero-order chi connectivity index (χ0) is 19.3. The molecule has 7 nitrogen and oxygen atoms in total. The summed E-state index contributed by atoms with van der Waals surface area (Å²) in [4.78, 5) is 29.9. The number of hydrogen-bond acceptors (Lipinski definition) is 5. The van der Waals surface area contributed by atoms with Crippen LogP contribution in [0.25, 0.3) is 0 Å². The Morgan fingerprint density at radius 1 is 1.30 bits per heavy atom. The second kappa shape index (κ2) is 8.13. The van der Waals surface area contributed by atoms with Gasteiger partial charge in [-0.25, -0.2) is 4.39 Å². The molecule has 1 atom stereocenters. The van der Waals surface area contributed by atoms with Crippen LogP contribution < -0.4 is 10.5 Å². The molecule has 2 aromatic rings. The van der Waals surface area contributed by atoms with E-state index in [0.717, 1.165) is 0 Å². The number of pyridine rings is 1. The third-order valence-corrected chi connectivity index (χ3v) is 4.26. The van der Waals surface area contributed by atoms with E-state index in [9.17, 15) is 14.0 Å². The van der Waals surface area contributed by atoms with Crippen molar-refractivity contribution in [3.63, 3.8) is 0 Å². The SMILES string of the molecule is NC(=O)CC1(COc2ccc(F)cc2)CN(C(=O)c2cccnc2)CCO1. The molecule has 142 valence electrons. The molecule has 2 heterocycles. The van der Waals surface area contributed by atoms with Crippen LogP contribution in [0.2, 0.25) is 0 Å². The van der Waals surface area contributed by atoms with Gasteiger partial charge in [0, 0.05) is 18.9 Å². The van der Waals surface area contributed by atoms with E-state index in [1.165, 1.54) is 30.5 Å². The lowest BCUT2D eigenvalue weighted by Gasteiger charge is -2.41. The number of ether oxygens (including phenoxy) is 2. The maximum Gasteiger partial charge on any atom is 0.255 e. The van der Waals surface area contributed by atoms with E-state index in [1.54, 1.807) is 23.2 Å². The first-order chi connectivity index (χ1) is 13.0. The van der Waals surface area contributed by atoms with Crippen molar-refractivity contribution in [2.24, 2.45) is 5.73 Å². The number of benzene rings is 1. The van der Waals surface area contributed by atoms with E-state index in [0.29, 0.717) is 17.9 Å². The van der Waals surface area contributed by atoms with Gasteiger partial charge in [0.1, 0.15) is 23.8 Å². The molecule has 1 saturated heterocycles. The molecule has 0 radical (unpaired) electrons. The Labute approximate surface area is 155 Å². The van der Waals surface area contributed by atoms with Crippen LogP contribution in [0.15, 0.2) is 48.8 Å². The molecule has 8 heteroatoms. The molecule has 1 aromatic heterocycles. The fourth-order valence-corrected chi connectivity index (χ4v) is 3.00. The lowest BCUT2D eigenvalue weighted by atomic mass is 9.97. The van der Waals surface area contributed by atoms with Gasteiger partial charge < -0.3 is 20.1 Å². The van der Waals surface area contributed by atoms with Gasteiger partial charge >= 0.3 is 0 Å². The molecule has 1 fully saturated rings. The maximum absolute atomic E-state index is 13.0. The van der Waals surface area contributed by atoms with Crippen molar-refractivity contribution in [2.45, 2.75) is 12.0 Å². The number of hydrogen-bond donors (Lipinski definition) is 1. The van der Waals surface area contributed by atoms with Gasteiger partial charge in [0.05, 0.1) is 25.1 Å². The standard InChI is InChI=1S/C19H20FN3O4/c20-15-3-5-16(6-4-15)26-13-19(10-17(21)24)12-23(8-9-27-19)18(25)14-2-1-7-22-11-14/h1-7,11H,8-10,12-13H2,(H2,21,24). The van der Waals surface area contributed by atoms with Crippen LogP contribution in [-0.2, 0) is 9.53 Å². The third kappa shape index (κ3) is 4.79. The minimum Gasteiger partial charge on any atom is -0.490 e. The predicted octanol–water partition coefficient (Wildman–Crippen LogP) is 1.39. The van der Waals surface area contributed by atoms with Gasteiger partial charge in [0.15, 0.2) is 0 Å². The summed E-state index contributed by atoms with van der Waals surface area (Å²) in [6.07, 6.45) is 2.97. The van der Waals surface area contributed by atoms with Crippen LogP contribution in [0.3, 0.4) is 0 Å². The summed E-state index contributed by atoms with van der Waals surface area (Å²) in [5.41, 5.74) is 4.77. The fraction of sp³-hybridized carbons (Fsp3) is 0.316. The Balaban J connectivity index is 1.75. The van der Waals surface area contributed by atoms with Crippen LogP contribution in [-0.4, -0.2) is 53.6 Å². The largest absolute Gasteiger partial charge is 0.490 e. The highest BCUT2D eigenvalue weighted by Gasteiger charge is 2.41. The predicted molar refractivity (Wildman–Crippen MR) is 94.5 cm³/mol. The Morgan fingerprint density at radius 3 is 2.74 bits per heavy atom. The first kappa shape index (κ1) is 18.8. The number of rotatable bonds is 6. The first-order valence-electron chi connectivity index (χ1n) is 8.47. The summed E-state index contributed by atoms with van der Waals surface area (Å²) in [5.74, 6) is -0.716. The van der Waals surface area contributed by atoms with Gasteiger partial charge in [0.25, 0.3) is 5.91 Å². The van der Waals surface area contributed by atoms with Crippen molar-refractivity contribution in [2.75, 3.05) is 26.3 Å². The zero-order valence-electron chi connectivity index (χ0n) is 14.6. The number of nitrogens with two attached hydrogens (primary N) is 1. The number of carbonyl (C=O) groups is 2. The number of primary amides is 1. The fourth-order valence-electron chi connectivity index (χ4n) is 3.00. The average molecular weight is 373 g/mol. The number of nitrogens with zero attached hydrogens (tertiary/aromatic N) is 2. The number of amides is 2. The van der Waals surface area contributed by atoms with Crippen molar-refractivity contribution >= 4 is 11.8 Å². The number of aromatic nitrogens is 1. The van der Waals surface area contributed by atoms with Gasteiger partial charge in [0.2, 0.25) is 5.91 Å². The van der Waals surface area contributed by atoms with E-state index in [2.05, 4.69) is 4.98 Å². The zero-order valence-corrected chi connectivity index (χ0v) is 14.6. The molecule has 0 saturated carbocycles. The van der Waals surface area contributed by atoms with Crippen molar-refractivity contribution in [3.8, 4) is 5.75 Å². The van der Waals surface area contributed by atoms with Crippen molar-refractivity contribution in [3.05, 3.63) is 60.2 Å². The monoisotopic (exact) mass is 373 g/mol. The first-order valence-corrected chi connectivity index (χ1v) is 8.47. The third-order valence-electron chi connectivity index (χ3n) is 4.26. The smallest absolute Gasteiger partial charge is 0.255 e. The van der Waals surface area contributed by atoms with E-state index in [1.807, 2.05) is 0 Å². The average Bonchev–Trinajstić information content (AvgIpc) is 2.67. The van der Waals surface area contributed by atoms with Crippen LogP contribution >= 0.6 is 0 Å². The molecular formula is C19H20FN3O4. The van der Waals surface area contributed by atoms with Gasteiger partial charge in [-0.3, -0.25) is 14.6 Å². The summed E-state index contributed by atoms with van der Waals surface area (Å²) in [5, 5.41) is 0. The number of halogens is 1. The molecule has 0 bridgehead atoms. The lowest BCUT2D eigenvalue weighted by molar-refractivity contribution is -0.142. The van der Waals surface area contributed by atoms with Crippen molar-refractivity contribution < 1.29 is 23.5 Å². The summed E-state index contributed by atoms with van der Waals surface area (Å²) in [7, 11) is 0.